The molecular weight excluding hydrogens is 353 g/mol. The van der Waals surface area contributed by atoms with Crippen LogP contribution in [0.4, 0.5) is 0 Å². The van der Waals surface area contributed by atoms with Gasteiger partial charge in [-0.15, -0.1) is 0 Å². The zero-order valence-corrected chi connectivity index (χ0v) is 16.2. The summed E-state index contributed by atoms with van der Waals surface area (Å²) in [5, 5.41) is 27.7. The summed E-state index contributed by atoms with van der Waals surface area (Å²) >= 11 is 0. The van der Waals surface area contributed by atoms with Gasteiger partial charge in [0.05, 0.1) is 0 Å². The smallest absolute Gasteiger partial charge is 0.141 e. The number of aromatic nitrogens is 1. The van der Waals surface area contributed by atoms with Crippen LogP contribution < -0.4 is 0 Å². The fraction of sp³-hybridized carbons (Fsp3) is 0.0455. The molecule has 1 aromatic heterocycles. The topological polar surface area (TPSA) is 73.6 Å². The molecule has 0 unspecified atom stereocenters. The van der Waals surface area contributed by atoms with E-state index in [4.69, 9.17) is 10.2 Å². The van der Waals surface area contributed by atoms with Crippen LogP contribution in [0.2, 0.25) is 0 Å². The quantitative estimate of drug-likeness (QED) is 0.392. The van der Waals surface area contributed by atoms with E-state index in [0.29, 0.717) is 17.0 Å². The average Bonchev–Trinajstić information content (AvgIpc) is 2.65. The van der Waals surface area contributed by atoms with E-state index in [9.17, 15) is 5.11 Å². The molecule has 0 aliphatic carbocycles. The summed E-state index contributed by atoms with van der Waals surface area (Å²) in [5.41, 5.74) is 1.60. The molecule has 1 heterocycles. The number of phenols is 3. The Bertz CT molecular complexity index is 894. The van der Waals surface area contributed by atoms with Crippen molar-refractivity contribution in [2.75, 3.05) is 0 Å². The summed E-state index contributed by atoms with van der Waals surface area (Å²) in [7, 11) is 0. The summed E-state index contributed by atoms with van der Waals surface area (Å²) in [6.07, 6.45) is 0. The summed E-state index contributed by atoms with van der Waals surface area (Å²) in [5.74, 6) is 0.890. The average molecular weight is 374 g/mol. The second-order valence-corrected chi connectivity index (χ2v) is 5.47. The molecule has 3 aromatic carbocycles. The number of nitrogens with zero attached hydrogens (tertiary/aromatic N) is 1. The van der Waals surface area contributed by atoms with Gasteiger partial charge in [-0.05, 0) is 43.3 Å². The maximum Gasteiger partial charge on any atom is 0.141 e. The molecule has 27 heavy (non-hydrogen) atoms. The molecule has 4 aromatic rings. The summed E-state index contributed by atoms with van der Waals surface area (Å²) in [6.45, 7) is 1.91. The third-order valence-electron chi connectivity index (χ3n) is 3.35. The zero-order valence-electron chi connectivity index (χ0n) is 15.0. The molecule has 0 atom stereocenters. The van der Waals surface area contributed by atoms with E-state index in [-0.39, 0.29) is 23.1 Å². The Morgan fingerprint density at radius 3 is 1.56 bits per heavy atom. The molecule has 4 nitrogen and oxygen atoms in total. The second-order valence-electron chi connectivity index (χ2n) is 5.47. The Morgan fingerprint density at radius 1 is 0.593 bits per heavy atom. The lowest BCUT2D eigenvalue weighted by atomic mass is 10.2. The maximum atomic E-state index is 9.43. The minimum absolute atomic E-state index is 0. The first-order valence-corrected chi connectivity index (χ1v) is 8.09. The fourth-order valence-electron chi connectivity index (χ4n) is 2.08. The zero-order chi connectivity index (χ0) is 18.8. The van der Waals surface area contributed by atoms with Crippen LogP contribution in [-0.4, -0.2) is 37.7 Å². The third-order valence-corrected chi connectivity index (χ3v) is 3.35. The van der Waals surface area contributed by atoms with Gasteiger partial charge in [-0.2, -0.15) is 0 Å². The van der Waals surface area contributed by atoms with Crippen molar-refractivity contribution < 1.29 is 15.3 Å². The lowest BCUT2D eigenvalue weighted by molar-refractivity contribution is 0.475. The molecule has 4 rings (SSSR count). The first-order chi connectivity index (χ1) is 12.6. The molecule has 0 saturated heterocycles. The normalized spacial score (nSPS) is 9.07. The number of rotatable bonds is 0. The Hall–Kier alpha value is -3.00. The lowest BCUT2D eigenvalue weighted by Crippen LogP contribution is -1.82. The number of aryl methyl sites for hydroxylation is 1. The van der Waals surface area contributed by atoms with Crippen molar-refractivity contribution in [3.63, 3.8) is 0 Å². The Morgan fingerprint density at radius 2 is 1.11 bits per heavy atom. The van der Waals surface area contributed by atoms with E-state index < -0.39 is 0 Å². The number of hydrogen-bond donors (Lipinski definition) is 3. The van der Waals surface area contributed by atoms with Crippen molar-refractivity contribution in [1.29, 1.82) is 0 Å². The van der Waals surface area contributed by atoms with Crippen molar-refractivity contribution >= 4 is 28.3 Å². The Balaban J connectivity index is 0.000000211. The molecule has 0 aliphatic rings. The van der Waals surface area contributed by atoms with Crippen molar-refractivity contribution in [3.8, 4) is 17.2 Å². The van der Waals surface area contributed by atoms with Crippen LogP contribution in [0.1, 0.15) is 5.69 Å². The standard InChI is InChI=1S/C10H9NO.2C6H6O.Al/c1-7-5-6-8-3-2-4-9(12)10(8)11-7;2*7-6-4-2-1-3-5-6;/h2-6,12H,1H3;2*1-5,7H;. The minimum atomic E-state index is 0. The minimum Gasteiger partial charge on any atom is -0.508 e. The van der Waals surface area contributed by atoms with Gasteiger partial charge < -0.3 is 15.3 Å². The molecule has 135 valence electrons. The van der Waals surface area contributed by atoms with E-state index in [2.05, 4.69) is 4.98 Å². The van der Waals surface area contributed by atoms with E-state index in [1.54, 1.807) is 54.6 Å². The highest BCUT2D eigenvalue weighted by Gasteiger charge is 1.98. The molecular formula is C22H21AlNO3. The van der Waals surface area contributed by atoms with Gasteiger partial charge in [0, 0.05) is 28.4 Å². The molecule has 0 fully saturated rings. The number of fused-ring (bicyclic) bond motifs is 1. The van der Waals surface area contributed by atoms with Crippen molar-refractivity contribution in [2.45, 2.75) is 6.92 Å². The number of pyridine rings is 1. The maximum absolute atomic E-state index is 9.43. The van der Waals surface area contributed by atoms with Gasteiger partial charge in [-0.1, -0.05) is 54.6 Å². The largest absolute Gasteiger partial charge is 0.508 e. The van der Waals surface area contributed by atoms with Gasteiger partial charge in [0.15, 0.2) is 0 Å². The monoisotopic (exact) mass is 374 g/mol. The van der Waals surface area contributed by atoms with Crippen LogP contribution in [0, 0.1) is 6.92 Å². The molecule has 0 aliphatic heterocycles. The molecule has 3 N–H and O–H groups in total. The van der Waals surface area contributed by atoms with Gasteiger partial charge in [0.1, 0.15) is 22.8 Å². The van der Waals surface area contributed by atoms with E-state index in [1.807, 2.05) is 43.3 Å². The van der Waals surface area contributed by atoms with Crippen molar-refractivity contribution in [3.05, 3.63) is 96.7 Å². The van der Waals surface area contributed by atoms with Crippen LogP contribution in [0.25, 0.3) is 10.9 Å². The summed E-state index contributed by atoms with van der Waals surface area (Å²) in [4.78, 5) is 4.23. The highest BCUT2D eigenvalue weighted by atomic mass is 27.0. The number of hydrogen-bond acceptors (Lipinski definition) is 4. The summed E-state index contributed by atoms with van der Waals surface area (Å²) < 4.78 is 0. The molecule has 0 bridgehead atoms. The number of para-hydroxylation sites is 3. The fourth-order valence-corrected chi connectivity index (χ4v) is 2.08. The Labute approximate surface area is 169 Å². The highest BCUT2D eigenvalue weighted by molar-refractivity contribution is 5.84. The third kappa shape index (κ3) is 7.83. The number of aromatic hydroxyl groups is 3. The van der Waals surface area contributed by atoms with Crippen molar-refractivity contribution in [1.82, 2.24) is 4.98 Å². The lowest BCUT2D eigenvalue weighted by Gasteiger charge is -1.99. The predicted molar refractivity (Wildman–Crippen MR) is 110 cm³/mol. The molecule has 0 amide bonds. The van der Waals surface area contributed by atoms with Crippen LogP contribution in [0.5, 0.6) is 17.2 Å². The highest BCUT2D eigenvalue weighted by Crippen LogP contribution is 2.21. The molecule has 0 saturated carbocycles. The first-order valence-electron chi connectivity index (χ1n) is 8.09. The number of benzene rings is 3. The van der Waals surface area contributed by atoms with Crippen LogP contribution in [-0.2, 0) is 0 Å². The van der Waals surface area contributed by atoms with E-state index in [0.717, 1.165) is 11.1 Å². The second kappa shape index (κ2) is 11.6. The van der Waals surface area contributed by atoms with Gasteiger partial charge in [0.25, 0.3) is 0 Å². The molecule has 3 radical (unpaired) electrons. The summed E-state index contributed by atoms with van der Waals surface area (Å²) in [6, 6.07) is 26.7. The molecule has 0 spiro atoms. The van der Waals surface area contributed by atoms with Crippen molar-refractivity contribution in [2.24, 2.45) is 0 Å². The predicted octanol–water partition coefficient (Wildman–Crippen LogP) is 4.65. The first kappa shape index (κ1) is 22.0. The van der Waals surface area contributed by atoms with Crippen LogP contribution in [0.15, 0.2) is 91.0 Å². The van der Waals surface area contributed by atoms with Gasteiger partial charge in [0.2, 0.25) is 0 Å². The number of phenolic OH excluding ortho intramolecular Hbond substituents is 3. The van der Waals surface area contributed by atoms with Crippen LogP contribution >= 0.6 is 0 Å². The van der Waals surface area contributed by atoms with Gasteiger partial charge in [-0.25, -0.2) is 4.98 Å². The van der Waals surface area contributed by atoms with E-state index in [1.165, 1.54) is 0 Å². The van der Waals surface area contributed by atoms with Gasteiger partial charge in [-0.3, -0.25) is 0 Å². The molecule has 5 heteroatoms. The van der Waals surface area contributed by atoms with E-state index >= 15 is 0 Å². The van der Waals surface area contributed by atoms with Gasteiger partial charge >= 0.3 is 0 Å². The SMILES string of the molecule is Cc1ccc2cccc(O)c2n1.Oc1ccccc1.Oc1ccccc1.[Al]. The Kier molecular flexibility index (Phi) is 9.46. The van der Waals surface area contributed by atoms with Crippen LogP contribution in [0.3, 0.4) is 0 Å².